The second-order valence-electron chi connectivity index (χ2n) is 2.92. The van der Waals surface area contributed by atoms with Crippen LogP contribution in [-0.4, -0.2) is 21.0 Å². The van der Waals surface area contributed by atoms with E-state index in [1.54, 1.807) is 0 Å². The number of amides is 1. The summed E-state index contributed by atoms with van der Waals surface area (Å²) in [7, 11) is 0. The molecule has 1 aliphatic heterocycles. The smallest absolute Gasteiger partial charge is 0.314 e. The van der Waals surface area contributed by atoms with Crippen molar-refractivity contribution in [2.24, 2.45) is 0 Å². The van der Waals surface area contributed by atoms with Crippen molar-refractivity contribution in [2.75, 3.05) is 0 Å². The van der Waals surface area contributed by atoms with Crippen LogP contribution in [0.1, 0.15) is 5.56 Å². The van der Waals surface area contributed by atoms with Crippen molar-refractivity contribution in [2.45, 2.75) is 0 Å². The summed E-state index contributed by atoms with van der Waals surface area (Å²) in [6, 6.07) is 0. The van der Waals surface area contributed by atoms with E-state index in [-0.39, 0.29) is 15.6 Å². The normalized spacial score (nSPS) is 17.9. The van der Waals surface area contributed by atoms with Gasteiger partial charge in [0.25, 0.3) is 11.5 Å². The van der Waals surface area contributed by atoms with E-state index in [0.717, 1.165) is 11.8 Å². The maximum atomic E-state index is 11.3. The second-order valence-corrected chi connectivity index (χ2v) is 3.97. The third kappa shape index (κ3) is 1.96. The molecule has 4 N–H and O–H groups in total. The summed E-state index contributed by atoms with van der Waals surface area (Å²) >= 11 is 0.920. The van der Waals surface area contributed by atoms with Gasteiger partial charge in [-0.1, -0.05) is 0 Å². The monoisotopic (exact) mass is 238 g/mol. The Kier molecular flexibility index (Phi) is 2.49. The quantitative estimate of drug-likeness (QED) is 0.479. The number of carbonyl (C=O) groups is 1. The number of thioether (sulfide) groups is 1. The molecule has 1 aromatic rings. The van der Waals surface area contributed by atoms with Crippen molar-refractivity contribution in [1.82, 2.24) is 15.3 Å². The Hall–Kier alpha value is -2.09. The Morgan fingerprint density at radius 1 is 1.31 bits per heavy atom. The van der Waals surface area contributed by atoms with Gasteiger partial charge in [0, 0.05) is 6.20 Å². The van der Waals surface area contributed by atoms with E-state index in [1.807, 2.05) is 4.98 Å². The minimum atomic E-state index is -0.608. The number of aromatic amines is 2. The van der Waals surface area contributed by atoms with Crippen LogP contribution in [0, 0.1) is 5.41 Å². The zero-order valence-corrected chi connectivity index (χ0v) is 8.60. The Balaban J connectivity index is 2.44. The molecule has 1 fully saturated rings. The molecule has 0 unspecified atom stereocenters. The van der Waals surface area contributed by atoms with Crippen molar-refractivity contribution in [3.05, 3.63) is 37.5 Å². The molecule has 2 rings (SSSR count). The summed E-state index contributed by atoms with van der Waals surface area (Å²) in [4.78, 5) is 37.9. The minimum absolute atomic E-state index is 0.0112. The fourth-order valence-corrected chi connectivity index (χ4v) is 1.80. The first-order valence-corrected chi connectivity index (χ1v) is 4.99. The van der Waals surface area contributed by atoms with Gasteiger partial charge in [-0.15, -0.1) is 0 Å². The van der Waals surface area contributed by atoms with Gasteiger partial charge in [-0.3, -0.25) is 20.0 Å². The van der Waals surface area contributed by atoms with E-state index in [0.29, 0.717) is 0 Å². The molecule has 1 amide bonds. The van der Waals surface area contributed by atoms with Crippen molar-refractivity contribution in [3.8, 4) is 0 Å². The molecule has 0 spiro atoms. The lowest BCUT2D eigenvalue weighted by molar-refractivity contribution is -0.115. The van der Waals surface area contributed by atoms with Crippen LogP contribution >= 0.6 is 11.8 Å². The van der Waals surface area contributed by atoms with E-state index >= 15 is 0 Å². The molecule has 1 saturated heterocycles. The maximum absolute atomic E-state index is 11.3. The highest BCUT2D eigenvalue weighted by Gasteiger charge is 2.22. The molecule has 0 bridgehead atoms. The zero-order chi connectivity index (χ0) is 11.7. The number of aromatic nitrogens is 2. The van der Waals surface area contributed by atoms with Crippen LogP contribution in [0.4, 0.5) is 0 Å². The number of amidine groups is 1. The molecule has 7 nitrogen and oxygen atoms in total. The largest absolute Gasteiger partial charge is 0.325 e. The third-order valence-corrected chi connectivity index (χ3v) is 2.63. The van der Waals surface area contributed by atoms with Crippen molar-refractivity contribution >= 4 is 28.9 Å². The highest BCUT2D eigenvalue weighted by molar-refractivity contribution is 8.18. The Morgan fingerprint density at radius 3 is 2.62 bits per heavy atom. The summed E-state index contributed by atoms with van der Waals surface area (Å²) < 4.78 is 0. The predicted octanol–water partition coefficient (Wildman–Crippen LogP) is -0.798. The Labute approximate surface area is 92.5 Å². The van der Waals surface area contributed by atoms with E-state index < -0.39 is 17.2 Å². The molecular formula is C8H6N4O3S. The summed E-state index contributed by atoms with van der Waals surface area (Å²) in [6.07, 6.45) is 2.53. The highest BCUT2D eigenvalue weighted by Crippen LogP contribution is 2.23. The number of H-pyrrole nitrogens is 2. The maximum Gasteiger partial charge on any atom is 0.325 e. The van der Waals surface area contributed by atoms with E-state index in [1.165, 1.54) is 12.3 Å². The fraction of sp³-hybridized carbons (Fsp3) is 0. The number of rotatable bonds is 1. The van der Waals surface area contributed by atoms with Gasteiger partial charge in [0.15, 0.2) is 5.17 Å². The standard InChI is InChI=1S/C8H6N4O3S/c9-7-11-6(14)4(16-7)1-3-2-10-8(15)12-5(3)13/h1-2H,(H2,9,11,14)(H2,10,12,13,15)/b4-1-. The van der Waals surface area contributed by atoms with Crippen molar-refractivity contribution in [1.29, 1.82) is 5.41 Å². The summed E-state index contributed by atoms with van der Waals surface area (Å²) in [5, 5.41) is 9.49. The SMILES string of the molecule is N=C1NC(=O)/C(=C/c2c[nH]c(=O)[nH]c2=O)S1. The molecule has 2 heterocycles. The summed E-state index contributed by atoms with van der Waals surface area (Å²) in [5.41, 5.74) is -1.03. The Morgan fingerprint density at radius 2 is 2.06 bits per heavy atom. The van der Waals surface area contributed by atoms with Crippen LogP contribution in [0.5, 0.6) is 0 Å². The van der Waals surface area contributed by atoms with Gasteiger partial charge in [0.1, 0.15) is 0 Å². The van der Waals surface area contributed by atoms with E-state index in [9.17, 15) is 14.4 Å². The molecule has 82 valence electrons. The van der Waals surface area contributed by atoms with Crippen LogP contribution in [0.3, 0.4) is 0 Å². The first kappa shape index (κ1) is 10.4. The van der Waals surface area contributed by atoms with Crippen LogP contribution in [0.25, 0.3) is 6.08 Å². The van der Waals surface area contributed by atoms with E-state index in [4.69, 9.17) is 5.41 Å². The van der Waals surface area contributed by atoms with Gasteiger partial charge in [-0.2, -0.15) is 0 Å². The molecular weight excluding hydrogens is 232 g/mol. The average molecular weight is 238 g/mol. The molecule has 16 heavy (non-hydrogen) atoms. The molecule has 1 aromatic heterocycles. The zero-order valence-electron chi connectivity index (χ0n) is 7.79. The molecule has 0 atom stereocenters. The van der Waals surface area contributed by atoms with Gasteiger partial charge < -0.3 is 10.3 Å². The lowest BCUT2D eigenvalue weighted by atomic mass is 10.3. The minimum Gasteiger partial charge on any atom is -0.314 e. The topological polar surface area (TPSA) is 119 Å². The van der Waals surface area contributed by atoms with Gasteiger partial charge >= 0.3 is 5.69 Å². The van der Waals surface area contributed by atoms with Gasteiger partial charge in [0.2, 0.25) is 0 Å². The predicted molar refractivity (Wildman–Crippen MR) is 59.1 cm³/mol. The number of nitrogens with one attached hydrogen (secondary N) is 4. The lowest BCUT2D eigenvalue weighted by Gasteiger charge is -1.92. The van der Waals surface area contributed by atoms with Gasteiger partial charge in [-0.05, 0) is 17.8 Å². The summed E-state index contributed by atoms with van der Waals surface area (Å²) in [5.74, 6) is -0.430. The first-order chi connectivity index (χ1) is 7.56. The van der Waals surface area contributed by atoms with Crippen molar-refractivity contribution in [3.63, 3.8) is 0 Å². The second kappa shape index (κ2) is 3.81. The molecule has 0 aromatic carbocycles. The van der Waals surface area contributed by atoms with Gasteiger partial charge in [0.05, 0.1) is 10.5 Å². The van der Waals surface area contributed by atoms with Crippen LogP contribution in [0.2, 0.25) is 0 Å². The molecule has 0 saturated carbocycles. The molecule has 0 aliphatic carbocycles. The highest BCUT2D eigenvalue weighted by atomic mass is 32.2. The van der Waals surface area contributed by atoms with Crippen molar-refractivity contribution < 1.29 is 4.79 Å². The lowest BCUT2D eigenvalue weighted by Crippen LogP contribution is -2.23. The molecule has 8 heteroatoms. The number of carbonyl (C=O) groups excluding carboxylic acids is 1. The van der Waals surface area contributed by atoms with Crippen LogP contribution in [-0.2, 0) is 4.79 Å². The Bertz CT molecular complexity index is 612. The molecule has 1 aliphatic rings. The molecule has 0 radical (unpaired) electrons. The van der Waals surface area contributed by atoms with Crippen LogP contribution in [0.15, 0.2) is 20.7 Å². The van der Waals surface area contributed by atoms with Gasteiger partial charge in [-0.25, -0.2) is 4.79 Å². The first-order valence-electron chi connectivity index (χ1n) is 4.18. The third-order valence-electron chi connectivity index (χ3n) is 1.80. The fourth-order valence-electron chi connectivity index (χ4n) is 1.11. The van der Waals surface area contributed by atoms with Crippen LogP contribution < -0.4 is 16.6 Å². The number of hydrogen-bond acceptors (Lipinski definition) is 5. The van der Waals surface area contributed by atoms with E-state index in [2.05, 4.69) is 10.3 Å². The summed E-state index contributed by atoms with van der Waals surface area (Å²) in [6.45, 7) is 0. The number of hydrogen-bond donors (Lipinski definition) is 4. The average Bonchev–Trinajstić information content (AvgIpc) is 2.50.